The Hall–Kier alpha value is -3.85. The van der Waals surface area contributed by atoms with Gasteiger partial charge in [-0.2, -0.15) is 5.26 Å². The third-order valence-corrected chi connectivity index (χ3v) is 4.86. The van der Waals surface area contributed by atoms with Crippen LogP contribution in [0.3, 0.4) is 0 Å². The number of hydrogen-bond acceptors (Lipinski definition) is 3. The molecule has 0 saturated carbocycles. The van der Waals surface area contributed by atoms with Gasteiger partial charge >= 0.3 is 0 Å². The van der Waals surface area contributed by atoms with Crippen molar-refractivity contribution in [2.24, 2.45) is 0 Å². The van der Waals surface area contributed by atoms with Crippen molar-refractivity contribution >= 4 is 23.4 Å². The first-order chi connectivity index (χ1) is 14.3. The number of benzene rings is 2. The molecular formula is C24H23FN4O. The van der Waals surface area contributed by atoms with Crippen LogP contribution in [0.5, 0.6) is 0 Å². The number of nitrogens with one attached hydrogen (secondary N) is 1. The molecule has 5 nitrogen and oxygen atoms in total. The summed E-state index contributed by atoms with van der Waals surface area (Å²) in [4.78, 5) is 14.5. The number of nitrogens with zero attached hydrogens (tertiary/aromatic N) is 3. The zero-order valence-electron chi connectivity index (χ0n) is 17.4. The third kappa shape index (κ3) is 4.41. The molecule has 0 saturated heterocycles. The summed E-state index contributed by atoms with van der Waals surface area (Å²) >= 11 is 0. The molecule has 0 spiro atoms. The van der Waals surface area contributed by atoms with Gasteiger partial charge in [0.05, 0.1) is 0 Å². The number of aryl methyl sites for hydroxylation is 1. The van der Waals surface area contributed by atoms with Crippen molar-refractivity contribution in [3.8, 4) is 11.8 Å². The summed E-state index contributed by atoms with van der Waals surface area (Å²) < 4.78 is 15.1. The van der Waals surface area contributed by atoms with E-state index in [0.29, 0.717) is 5.69 Å². The summed E-state index contributed by atoms with van der Waals surface area (Å²) in [5.41, 5.74) is 5.21. The van der Waals surface area contributed by atoms with E-state index < -0.39 is 11.7 Å². The fourth-order valence-electron chi connectivity index (χ4n) is 3.27. The van der Waals surface area contributed by atoms with Crippen molar-refractivity contribution < 1.29 is 9.18 Å². The fraction of sp³-hybridized carbons (Fsp3) is 0.167. The lowest BCUT2D eigenvalue weighted by Crippen LogP contribution is -2.13. The monoisotopic (exact) mass is 402 g/mol. The highest BCUT2D eigenvalue weighted by Crippen LogP contribution is 2.24. The Morgan fingerprint density at radius 3 is 2.30 bits per heavy atom. The number of hydrogen-bond donors (Lipinski definition) is 1. The van der Waals surface area contributed by atoms with Gasteiger partial charge in [-0.05, 0) is 80.1 Å². The van der Waals surface area contributed by atoms with Gasteiger partial charge < -0.3 is 14.8 Å². The van der Waals surface area contributed by atoms with E-state index >= 15 is 0 Å². The Morgan fingerprint density at radius 1 is 1.10 bits per heavy atom. The predicted octanol–water partition coefficient (Wildman–Crippen LogP) is 4.84. The lowest BCUT2D eigenvalue weighted by atomic mass is 10.1. The molecule has 30 heavy (non-hydrogen) atoms. The molecule has 3 rings (SSSR count). The molecule has 2 aromatic carbocycles. The van der Waals surface area contributed by atoms with Crippen LogP contribution in [0.1, 0.15) is 17.0 Å². The number of nitriles is 1. The first kappa shape index (κ1) is 20.9. The smallest absolute Gasteiger partial charge is 0.266 e. The van der Waals surface area contributed by atoms with E-state index in [0.717, 1.165) is 28.3 Å². The van der Waals surface area contributed by atoms with E-state index in [1.54, 1.807) is 6.08 Å². The third-order valence-electron chi connectivity index (χ3n) is 4.86. The van der Waals surface area contributed by atoms with Crippen molar-refractivity contribution in [1.29, 1.82) is 5.26 Å². The number of carbonyl (C=O) groups is 1. The van der Waals surface area contributed by atoms with Crippen LogP contribution in [0.15, 0.2) is 60.2 Å². The molecule has 0 radical (unpaired) electrons. The largest absolute Gasteiger partial charge is 0.378 e. The molecule has 0 bridgehead atoms. The Labute approximate surface area is 175 Å². The summed E-state index contributed by atoms with van der Waals surface area (Å²) in [6.45, 7) is 3.93. The Kier molecular flexibility index (Phi) is 6.03. The lowest BCUT2D eigenvalue weighted by molar-refractivity contribution is -0.112. The minimum absolute atomic E-state index is 0.0254. The van der Waals surface area contributed by atoms with Gasteiger partial charge in [-0.1, -0.05) is 0 Å². The summed E-state index contributed by atoms with van der Waals surface area (Å²) in [6, 6.07) is 17.5. The molecule has 0 atom stereocenters. The molecule has 152 valence electrons. The second-order valence-corrected chi connectivity index (χ2v) is 7.20. The van der Waals surface area contributed by atoms with E-state index in [-0.39, 0.29) is 5.57 Å². The lowest BCUT2D eigenvalue weighted by Gasteiger charge is -2.14. The van der Waals surface area contributed by atoms with Crippen LogP contribution in [-0.2, 0) is 4.79 Å². The summed E-state index contributed by atoms with van der Waals surface area (Å²) in [7, 11) is 3.98. The van der Waals surface area contributed by atoms with Crippen molar-refractivity contribution in [3.63, 3.8) is 0 Å². The van der Waals surface area contributed by atoms with E-state index in [9.17, 15) is 14.4 Å². The SMILES string of the molecule is Cc1cc(C=C(C#N)C(=O)Nc2ccc(F)cc2)c(C)n1-c1ccc(N(C)C)cc1. The van der Waals surface area contributed by atoms with Crippen molar-refractivity contribution in [2.75, 3.05) is 24.3 Å². The molecule has 0 unspecified atom stereocenters. The molecular weight excluding hydrogens is 379 g/mol. The molecule has 0 fully saturated rings. The Balaban J connectivity index is 1.90. The van der Waals surface area contributed by atoms with Crippen LogP contribution in [0.4, 0.5) is 15.8 Å². The maximum Gasteiger partial charge on any atom is 0.266 e. The van der Waals surface area contributed by atoms with Crippen LogP contribution in [0.25, 0.3) is 11.8 Å². The van der Waals surface area contributed by atoms with Gasteiger partial charge in [0.15, 0.2) is 0 Å². The number of carbonyl (C=O) groups excluding carboxylic acids is 1. The van der Waals surface area contributed by atoms with Gasteiger partial charge in [0.2, 0.25) is 0 Å². The average Bonchev–Trinajstić information content (AvgIpc) is 3.00. The molecule has 0 aliphatic carbocycles. The summed E-state index contributed by atoms with van der Waals surface area (Å²) in [5, 5.41) is 12.1. The molecule has 0 aliphatic rings. The second-order valence-electron chi connectivity index (χ2n) is 7.20. The predicted molar refractivity (Wildman–Crippen MR) is 118 cm³/mol. The van der Waals surface area contributed by atoms with Crippen molar-refractivity contribution in [3.05, 3.63) is 82.9 Å². The Morgan fingerprint density at radius 2 is 1.73 bits per heavy atom. The van der Waals surface area contributed by atoms with E-state index in [1.807, 2.05) is 69.2 Å². The number of aromatic nitrogens is 1. The highest BCUT2D eigenvalue weighted by Gasteiger charge is 2.14. The van der Waals surface area contributed by atoms with E-state index in [4.69, 9.17) is 0 Å². The maximum atomic E-state index is 13.0. The molecule has 1 aromatic heterocycles. The number of rotatable bonds is 5. The van der Waals surface area contributed by atoms with Crippen LogP contribution in [-0.4, -0.2) is 24.6 Å². The Bertz CT molecular complexity index is 1130. The second kappa shape index (κ2) is 8.66. The topological polar surface area (TPSA) is 61.1 Å². The first-order valence-corrected chi connectivity index (χ1v) is 9.45. The van der Waals surface area contributed by atoms with Crippen molar-refractivity contribution in [2.45, 2.75) is 13.8 Å². The molecule has 1 amide bonds. The zero-order valence-corrected chi connectivity index (χ0v) is 17.4. The summed E-state index contributed by atoms with van der Waals surface area (Å²) in [5.74, 6) is -0.931. The van der Waals surface area contributed by atoms with Crippen LogP contribution < -0.4 is 10.2 Å². The molecule has 1 heterocycles. The zero-order chi connectivity index (χ0) is 21.8. The van der Waals surface area contributed by atoms with E-state index in [1.165, 1.54) is 24.3 Å². The highest BCUT2D eigenvalue weighted by atomic mass is 19.1. The minimum atomic E-state index is -0.538. The minimum Gasteiger partial charge on any atom is -0.378 e. The summed E-state index contributed by atoms with van der Waals surface area (Å²) in [6.07, 6.45) is 1.58. The van der Waals surface area contributed by atoms with Crippen LogP contribution in [0.2, 0.25) is 0 Å². The van der Waals surface area contributed by atoms with Gasteiger partial charge in [-0.3, -0.25) is 4.79 Å². The van der Waals surface area contributed by atoms with Gasteiger partial charge in [0.1, 0.15) is 17.5 Å². The van der Waals surface area contributed by atoms with Crippen LogP contribution >= 0.6 is 0 Å². The first-order valence-electron chi connectivity index (χ1n) is 9.45. The molecule has 1 N–H and O–H groups in total. The maximum absolute atomic E-state index is 13.0. The number of anilines is 2. The van der Waals surface area contributed by atoms with Gasteiger partial charge in [-0.25, -0.2) is 4.39 Å². The molecule has 6 heteroatoms. The van der Waals surface area contributed by atoms with Gasteiger partial charge in [-0.15, -0.1) is 0 Å². The standard InChI is InChI=1S/C24H23FN4O/c1-16-13-18(17(2)29(16)23-11-9-22(10-12-23)28(3)4)14-19(15-26)24(30)27-21-7-5-20(25)6-8-21/h5-14H,1-4H3,(H,27,30). The number of amides is 1. The quantitative estimate of drug-likeness (QED) is 0.490. The fourth-order valence-corrected chi connectivity index (χ4v) is 3.27. The molecule has 3 aromatic rings. The van der Waals surface area contributed by atoms with Crippen LogP contribution in [0, 0.1) is 31.0 Å². The van der Waals surface area contributed by atoms with E-state index in [2.05, 4.69) is 9.88 Å². The number of halogens is 1. The van der Waals surface area contributed by atoms with Crippen molar-refractivity contribution in [1.82, 2.24) is 4.57 Å². The normalized spacial score (nSPS) is 11.1. The highest BCUT2D eigenvalue weighted by molar-refractivity contribution is 6.09. The average molecular weight is 402 g/mol. The van der Waals surface area contributed by atoms with Gasteiger partial charge in [0, 0.05) is 42.5 Å². The van der Waals surface area contributed by atoms with Gasteiger partial charge in [0.25, 0.3) is 5.91 Å². The molecule has 0 aliphatic heterocycles.